The molecule has 5 nitrogen and oxygen atoms in total. The van der Waals surface area contributed by atoms with Gasteiger partial charge < -0.3 is 10.1 Å². The minimum atomic E-state index is -0.546. The number of anilines is 2. The Hall–Kier alpha value is -3.64. The molecule has 0 atom stereocenters. The molecule has 0 bridgehead atoms. The Labute approximate surface area is 183 Å². The van der Waals surface area contributed by atoms with Crippen molar-refractivity contribution in [2.75, 3.05) is 17.3 Å². The number of amides is 2. The number of rotatable bonds is 5. The second kappa shape index (κ2) is 8.24. The van der Waals surface area contributed by atoms with Crippen molar-refractivity contribution in [2.24, 2.45) is 0 Å². The molecule has 4 rings (SSSR count). The molecule has 0 saturated carbocycles. The zero-order valence-corrected chi connectivity index (χ0v) is 17.5. The van der Waals surface area contributed by atoms with Crippen LogP contribution >= 0.6 is 11.6 Å². The molecule has 0 aromatic heterocycles. The summed E-state index contributed by atoms with van der Waals surface area (Å²) in [4.78, 5) is 27.8. The van der Waals surface area contributed by atoms with Crippen LogP contribution in [0.4, 0.5) is 15.8 Å². The number of carbonyl (C=O) groups is 2. The summed E-state index contributed by atoms with van der Waals surface area (Å²) in [5.74, 6) is -1.02. The zero-order chi connectivity index (χ0) is 22.1. The van der Waals surface area contributed by atoms with E-state index in [4.69, 9.17) is 16.3 Å². The van der Waals surface area contributed by atoms with E-state index in [2.05, 4.69) is 5.32 Å². The number of para-hydroxylation sites is 2. The van der Waals surface area contributed by atoms with Crippen LogP contribution in [0.15, 0.2) is 72.4 Å². The van der Waals surface area contributed by atoms with E-state index in [0.717, 1.165) is 10.5 Å². The van der Waals surface area contributed by atoms with Gasteiger partial charge in [-0.05, 0) is 54.4 Å². The number of hydrogen-bond donors (Lipinski definition) is 1. The van der Waals surface area contributed by atoms with Crippen molar-refractivity contribution in [3.8, 4) is 5.75 Å². The van der Waals surface area contributed by atoms with E-state index in [9.17, 15) is 14.0 Å². The maximum absolute atomic E-state index is 13.5. The molecular formula is C24H18ClFN2O3. The number of halogens is 2. The zero-order valence-electron chi connectivity index (χ0n) is 16.8. The number of benzene rings is 3. The van der Waals surface area contributed by atoms with Gasteiger partial charge in [-0.1, -0.05) is 41.9 Å². The van der Waals surface area contributed by atoms with Crippen LogP contribution in [0.5, 0.6) is 5.75 Å². The lowest BCUT2D eigenvalue weighted by atomic mass is 10.0. The molecule has 1 aliphatic heterocycles. The molecule has 3 aromatic carbocycles. The molecular weight excluding hydrogens is 419 g/mol. The Bertz CT molecular complexity index is 1220. The molecule has 0 aliphatic carbocycles. The number of nitrogens with one attached hydrogen (secondary N) is 1. The third-order valence-corrected chi connectivity index (χ3v) is 5.40. The molecule has 0 radical (unpaired) electrons. The quantitative estimate of drug-likeness (QED) is 0.559. The predicted octanol–water partition coefficient (Wildman–Crippen LogP) is 5.19. The van der Waals surface area contributed by atoms with Gasteiger partial charge in [-0.15, -0.1) is 0 Å². The van der Waals surface area contributed by atoms with E-state index in [-0.39, 0.29) is 11.3 Å². The summed E-state index contributed by atoms with van der Waals surface area (Å²) in [6, 6.07) is 17.4. The van der Waals surface area contributed by atoms with Gasteiger partial charge >= 0.3 is 0 Å². The number of nitrogens with zero attached hydrogens (tertiary/aromatic N) is 1. The van der Waals surface area contributed by atoms with E-state index in [1.807, 2.05) is 6.92 Å². The molecule has 7 heteroatoms. The first-order valence-electron chi connectivity index (χ1n) is 9.46. The van der Waals surface area contributed by atoms with Crippen molar-refractivity contribution in [2.45, 2.75) is 6.92 Å². The second-order valence-corrected chi connectivity index (χ2v) is 7.37. The Balaban J connectivity index is 1.84. The molecule has 156 valence electrons. The van der Waals surface area contributed by atoms with Crippen molar-refractivity contribution in [1.82, 2.24) is 0 Å². The fourth-order valence-electron chi connectivity index (χ4n) is 3.37. The van der Waals surface area contributed by atoms with Gasteiger partial charge in [0.05, 0.1) is 24.1 Å². The summed E-state index contributed by atoms with van der Waals surface area (Å²) in [6.07, 6.45) is 0. The van der Waals surface area contributed by atoms with Crippen molar-refractivity contribution in [1.29, 1.82) is 0 Å². The normalized spacial score (nSPS) is 13.7. The summed E-state index contributed by atoms with van der Waals surface area (Å²) in [5.41, 5.74) is 2.30. The van der Waals surface area contributed by atoms with Gasteiger partial charge in [0.25, 0.3) is 11.8 Å². The van der Waals surface area contributed by atoms with Crippen LogP contribution in [0.3, 0.4) is 0 Å². The molecule has 31 heavy (non-hydrogen) atoms. The van der Waals surface area contributed by atoms with Gasteiger partial charge in [0.2, 0.25) is 0 Å². The minimum Gasteiger partial charge on any atom is -0.495 e. The first-order valence-corrected chi connectivity index (χ1v) is 9.83. The molecule has 3 aromatic rings. The van der Waals surface area contributed by atoms with Gasteiger partial charge in [0, 0.05) is 5.02 Å². The molecule has 1 heterocycles. The summed E-state index contributed by atoms with van der Waals surface area (Å²) in [5, 5.41) is 3.48. The third kappa shape index (κ3) is 3.78. The Kier molecular flexibility index (Phi) is 5.48. The van der Waals surface area contributed by atoms with E-state index in [1.54, 1.807) is 42.5 Å². The SMILES string of the molecule is COc1ccccc1NC1=C(c2ccc(F)cc2)C(=O)N(c2ccc(C)c(Cl)c2)C1=O. The predicted molar refractivity (Wildman–Crippen MR) is 119 cm³/mol. The summed E-state index contributed by atoms with van der Waals surface area (Å²) < 4.78 is 18.8. The lowest BCUT2D eigenvalue weighted by Crippen LogP contribution is -2.32. The van der Waals surface area contributed by atoms with Crippen LogP contribution in [0.1, 0.15) is 11.1 Å². The van der Waals surface area contributed by atoms with Crippen LogP contribution < -0.4 is 15.0 Å². The minimum absolute atomic E-state index is 0.0674. The Morgan fingerprint density at radius 3 is 2.35 bits per heavy atom. The average Bonchev–Trinajstić information content (AvgIpc) is 3.01. The van der Waals surface area contributed by atoms with Crippen LogP contribution in [0.2, 0.25) is 5.02 Å². The summed E-state index contributed by atoms with van der Waals surface area (Å²) >= 11 is 6.23. The average molecular weight is 437 g/mol. The number of imide groups is 1. The molecule has 0 fully saturated rings. The van der Waals surface area contributed by atoms with Crippen LogP contribution in [-0.4, -0.2) is 18.9 Å². The number of methoxy groups -OCH3 is 1. The monoisotopic (exact) mass is 436 g/mol. The van der Waals surface area contributed by atoms with Crippen LogP contribution in [0.25, 0.3) is 5.57 Å². The van der Waals surface area contributed by atoms with Crippen LogP contribution in [0, 0.1) is 12.7 Å². The highest BCUT2D eigenvalue weighted by molar-refractivity contribution is 6.46. The highest BCUT2D eigenvalue weighted by atomic mass is 35.5. The van der Waals surface area contributed by atoms with E-state index in [1.165, 1.54) is 31.4 Å². The number of carbonyl (C=O) groups excluding carboxylic acids is 2. The lowest BCUT2D eigenvalue weighted by Gasteiger charge is -2.16. The first-order chi connectivity index (χ1) is 14.9. The molecule has 0 saturated heterocycles. The van der Waals surface area contributed by atoms with Gasteiger partial charge in [-0.2, -0.15) is 0 Å². The Morgan fingerprint density at radius 1 is 0.968 bits per heavy atom. The smallest absolute Gasteiger partial charge is 0.282 e. The summed E-state index contributed by atoms with van der Waals surface area (Å²) in [6.45, 7) is 1.83. The van der Waals surface area contributed by atoms with Gasteiger partial charge in [-0.3, -0.25) is 9.59 Å². The van der Waals surface area contributed by atoms with Crippen molar-refractivity contribution < 1.29 is 18.7 Å². The number of aryl methyl sites for hydroxylation is 1. The molecule has 0 unspecified atom stereocenters. The van der Waals surface area contributed by atoms with Crippen molar-refractivity contribution in [3.63, 3.8) is 0 Å². The van der Waals surface area contributed by atoms with E-state index < -0.39 is 17.6 Å². The highest BCUT2D eigenvalue weighted by Crippen LogP contribution is 2.36. The maximum Gasteiger partial charge on any atom is 0.282 e. The maximum atomic E-state index is 13.5. The largest absolute Gasteiger partial charge is 0.495 e. The fourth-order valence-corrected chi connectivity index (χ4v) is 3.54. The lowest BCUT2D eigenvalue weighted by molar-refractivity contribution is -0.120. The fraction of sp³-hybridized carbons (Fsp3) is 0.0833. The summed E-state index contributed by atoms with van der Waals surface area (Å²) in [7, 11) is 1.51. The molecule has 1 N–H and O–H groups in total. The molecule has 1 aliphatic rings. The molecule has 2 amide bonds. The van der Waals surface area contributed by atoms with Gasteiger partial charge in [-0.25, -0.2) is 9.29 Å². The standard InChI is InChI=1S/C24H18ClFN2O3/c1-14-7-12-17(13-18(14)25)28-23(29)21(15-8-10-16(26)11-9-15)22(24(28)30)27-19-5-3-4-6-20(19)31-2/h3-13,27H,1-2H3. The molecule has 0 spiro atoms. The second-order valence-electron chi connectivity index (χ2n) is 6.96. The number of hydrogen-bond acceptors (Lipinski definition) is 4. The topological polar surface area (TPSA) is 58.6 Å². The first kappa shape index (κ1) is 20.6. The van der Waals surface area contributed by atoms with Gasteiger partial charge in [0.15, 0.2) is 0 Å². The van der Waals surface area contributed by atoms with Gasteiger partial charge in [0.1, 0.15) is 17.3 Å². The third-order valence-electron chi connectivity index (χ3n) is 5.00. The van der Waals surface area contributed by atoms with Crippen molar-refractivity contribution >= 4 is 40.4 Å². The number of ether oxygens (including phenoxy) is 1. The Morgan fingerprint density at radius 2 is 1.68 bits per heavy atom. The van der Waals surface area contributed by atoms with E-state index in [0.29, 0.717) is 27.7 Å². The van der Waals surface area contributed by atoms with Crippen LogP contribution in [-0.2, 0) is 9.59 Å². The van der Waals surface area contributed by atoms with Crippen molar-refractivity contribution in [3.05, 3.63) is 94.4 Å². The highest BCUT2D eigenvalue weighted by Gasteiger charge is 2.40. The van der Waals surface area contributed by atoms with E-state index >= 15 is 0 Å².